The molecule has 0 saturated carbocycles. The summed E-state index contributed by atoms with van der Waals surface area (Å²) >= 11 is 0. The molecule has 126 valence electrons. The van der Waals surface area contributed by atoms with Crippen molar-refractivity contribution >= 4 is 0 Å². The number of nitrogens with zero attached hydrogens (tertiary/aromatic N) is 1. The van der Waals surface area contributed by atoms with Gasteiger partial charge in [-0.05, 0) is 38.5 Å². The lowest BCUT2D eigenvalue weighted by Crippen LogP contribution is -2.39. The predicted octanol–water partition coefficient (Wildman–Crippen LogP) is 4.54. The van der Waals surface area contributed by atoms with E-state index in [-0.39, 0.29) is 11.5 Å². The highest BCUT2D eigenvalue weighted by Gasteiger charge is 2.37. The molecule has 1 saturated heterocycles. The molecule has 2 bridgehead atoms. The molecular weight excluding hydrogens is 286 g/mol. The van der Waals surface area contributed by atoms with Crippen LogP contribution in [0.25, 0.3) is 0 Å². The molecule has 23 heavy (non-hydrogen) atoms. The Kier molecular flexibility index (Phi) is 4.06. The zero-order valence-electron chi connectivity index (χ0n) is 15.3. The van der Waals surface area contributed by atoms with Gasteiger partial charge in [-0.3, -0.25) is 0 Å². The topological polar surface area (TPSA) is 21.7 Å². The summed E-state index contributed by atoms with van der Waals surface area (Å²) in [5.74, 6) is -0.467. The average Bonchev–Trinajstić information content (AvgIpc) is 2.67. The lowest BCUT2D eigenvalue weighted by molar-refractivity contribution is -0.139. The van der Waals surface area contributed by atoms with Crippen molar-refractivity contribution < 1.29 is 9.47 Å². The van der Waals surface area contributed by atoms with Gasteiger partial charge in [-0.1, -0.05) is 38.5 Å². The number of hydrogen-bond acceptors (Lipinski definition) is 3. The normalized spacial score (nSPS) is 27.0. The molecule has 1 atom stereocenters. The fourth-order valence-electron chi connectivity index (χ4n) is 3.47. The Hall–Kier alpha value is -1.32. The summed E-state index contributed by atoms with van der Waals surface area (Å²) in [6.07, 6.45) is 10.2. The highest BCUT2D eigenvalue weighted by Crippen LogP contribution is 2.40. The maximum Gasteiger partial charge on any atom is 0.163 e. The van der Waals surface area contributed by atoms with E-state index in [9.17, 15) is 0 Å². The number of rotatable bonds is 2. The molecule has 0 radical (unpaired) electrons. The molecule has 1 fully saturated rings. The van der Waals surface area contributed by atoms with Crippen LogP contribution in [0.5, 0.6) is 0 Å². The van der Waals surface area contributed by atoms with Crippen LogP contribution < -0.4 is 0 Å². The molecule has 0 amide bonds. The van der Waals surface area contributed by atoms with Gasteiger partial charge < -0.3 is 14.4 Å². The first-order valence-corrected chi connectivity index (χ1v) is 8.54. The van der Waals surface area contributed by atoms with Crippen molar-refractivity contribution in [3.8, 4) is 0 Å². The number of fused-ring (bicyclic) bond motifs is 2. The molecule has 0 N–H and O–H groups in total. The number of allylic oxidation sites excluding steroid dienone is 7. The van der Waals surface area contributed by atoms with Crippen molar-refractivity contribution in [2.24, 2.45) is 5.41 Å². The van der Waals surface area contributed by atoms with E-state index in [0.717, 1.165) is 13.0 Å². The molecule has 0 spiro atoms. The van der Waals surface area contributed by atoms with E-state index < -0.39 is 5.79 Å². The predicted molar refractivity (Wildman–Crippen MR) is 93.7 cm³/mol. The van der Waals surface area contributed by atoms with Crippen molar-refractivity contribution in [3.05, 3.63) is 46.8 Å². The minimum atomic E-state index is -0.467. The van der Waals surface area contributed by atoms with Crippen molar-refractivity contribution in [1.29, 1.82) is 0 Å². The highest BCUT2D eigenvalue weighted by atomic mass is 16.7. The van der Waals surface area contributed by atoms with Gasteiger partial charge in [0.05, 0.1) is 13.2 Å². The van der Waals surface area contributed by atoms with Gasteiger partial charge in [-0.15, -0.1) is 0 Å². The van der Waals surface area contributed by atoms with Crippen molar-refractivity contribution in [3.63, 3.8) is 0 Å². The second-order valence-corrected chi connectivity index (χ2v) is 8.31. The van der Waals surface area contributed by atoms with Crippen LogP contribution in [0, 0.1) is 5.41 Å². The molecule has 3 rings (SSSR count). The van der Waals surface area contributed by atoms with E-state index >= 15 is 0 Å². The van der Waals surface area contributed by atoms with E-state index in [4.69, 9.17) is 9.47 Å². The summed E-state index contributed by atoms with van der Waals surface area (Å²) < 4.78 is 11.8. The van der Waals surface area contributed by atoms with Crippen molar-refractivity contribution in [2.45, 2.75) is 59.9 Å². The van der Waals surface area contributed by atoms with Crippen LogP contribution in [0.15, 0.2) is 46.8 Å². The second kappa shape index (κ2) is 5.64. The van der Waals surface area contributed by atoms with Crippen molar-refractivity contribution in [2.75, 3.05) is 13.2 Å². The lowest BCUT2D eigenvalue weighted by Gasteiger charge is -2.41. The Bertz CT molecular complexity index is 614. The van der Waals surface area contributed by atoms with E-state index in [1.807, 2.05) is 13.8 Å². The van der Waals surface area contributed by atoms with E-state index in [1.165, 1.54) is 22.5 Å². The molecule has 1 aliphatic carbocycles. The molecule has 3 aliphatic rings. The first kappa shape index (κ1) is 16.5. The second-order valence-electron chi connectivity index (χ2n) is 8.31. The Morgan fingerprint density at radius 1 is 1.22 bits per heavy atom. The van der Waals surface area contributed by atoms with Crippen LogP contribution in [0.4, 0.5) is 0 Å². The van der Waals surface area contributed by atoms with Gasteiger partial charge in [0, 0.05) is 23.2 Å². The highest BCUT2D eigenvalue weighted by molar-refractivity contribution is 5.45. The van der Waals surface area contributed by atoms with Crippen LogP contribution in [0.3, 0.4) is 0 Å². The van der Waals surface area contributed by atoms with Gasteiger partial charge in [-0.25, -0.2) is 0 Å². The summed E-state index contributed by atoms with van der Waals surface area (Å²) in [6, 6.07) is 0. The van der Waals surface area contributed by atoms with Gasteiger partial charge in [0.1, 0.15) is 6.10 Å². The van der Waals surface area contributed by atoms with Gasteiger partial charge in [0.15, 0.2) is 5.79 Å². The van der Waals surface area contributed by atoms with Gasteiger partial charge in [0.2, 0.25) is 0 Å². The van der Waals surface area contributed by atoms with E-state index in [1.54, 1.807) is 0 Å². The molecule has 3 heteroatoms. The first-order valence-electron chi connectivity index (χ1n) is 8.54. The monoisotopic (exact) mass is 315 g/mol. The summed E-state index contributed by atoms with van der Waals surface area (Å²) in [6.45, 7) is 14.5. The third-order valence-electron chi connectivity index (χ3n) is 4.52. The molecular formula is C20H29NO2. The van der Waals surface area contributed by atoms with Crippen LogP contribution in [0.2, 0.25) is 0 Å². The first-order chi connectivity index (χ1) is 10.6. The Morgan fingerprint density at radius 2 is 1.96 bits per heavy atom. The van der Waals surface area contributed by atoms with Crippen LogP contribution >= 0.6 is 0 Å². The van der Waals surface area contributed by atoms with Crippen molar-refractivity contribution in [1.82, 2.24) is 4.90 Å². The quantitative estimate of drug-likeness (QED) is 0.746. The smallest absolute Gasteiger partial charge is 0.163 e. The number of hydrogen-bond donors (Lipinski definition) is 0. The van der Waals surface area contributed by atoms with Gasteiger partial charge in [0.25, 0.3) is 0 Å². The Labute approximate surface area is 140 Å². The molecule has 2 aliphatic heterocycles. The zero-order valence-corrected chi connectivity index (χ0v) is 15.3. The standard InChI is InChI=1S/C20H29NO2/c1-14-7-8-16-10-15(9-14)11-18(19(2,3)4)21(16)12-17-13-22-20(5,6)23-17/h7-9,11,17H,10,12-13H2,1-6H3. The lowest BCUT2D eigenvalue weighted by atomic mass is 9.85. The summed E-state index contributed by atoms with van der Waals surface area (Å²) in [4.78, 5) is 2.45. The SMILES string of the molecule is CC1=CC=C2CC(=C1)C=C(C(C)(C)C)N2CC1COC(C)(C)O1. The summed E-state index contributed by atoms with van der Waals surface area (Å²) in [5, 5.41) is 0. The fourth-order valence-corrected chi connectivity index (χ4v) is 3.47. The van der Waals surface area contributed by atoms with Crippen LogP contribution in [-0.2, 0) is 9.47 Å². The maximum atomic E-state index is 6.05. The molecule has 2 heterocycles. The third-order valence-corrected chi connectivity index (χ3v) is 4.52. The zero-order chi connectivity index (χ0) is 16.8. The van der Waals surface area contributed by atoms with E-state index in [0.29, 0.717) is 6.61 Å². The third kappa shape index (κ3) is 3.61. The fraction of sp³-hybridized carbons (Fsp3) is 0.600. The molecule has 3 nitrogen and oxygen atoms in total. The Morgan fingerprint density at radius 3 is 2.57 bits per heavy atom. The minimum Gasteiger partial charge on any atom is -0.348 e. The van der Waals surface area contributed by atoms with Gasteiger partial charge in [-0.2, -0.15) is 0 Å². The van der Waals surface area contributed by atoms with Gasteiger partial charge >= 0.3 is 0 Å². The average molecular weight is 315 g/mol. The Balaban J connectivity index is 1.92. The molecule has 0 aromatic carbocycles. The summed E-state index contributed by atoms with van der Waals surface area (Å²) in [7, 11) is 0. The minimum absolute atomic E-state index is 0.0891. The summed E-state index contributed by atoms with van der Waals surface area (Å²) in [5.41, 5.74) is 5.51. The molecule has 0 aromatic heterocycles. The maximum absolute atomic E-state index is 6.05. The largest absolute Gasteiger partial charge is 0.348 e. The van der Waals surface area contributed by atoms with Crippen LogP contribution in [-0.4, -0.2) is 29.9 Å². The number of ether oxygens (including phenoxy) is 2. The molecule has 0 aromatic rings. The molecule has 1 unspecified atom stereocenters. The van der Waals surface area contributed by atoms with Crippen LogP contribution in [0.1, 0.15) is 48.0 Å². The van der Waals surface area contributed by atoms with E-state index in [2.05, 4.69) is 56.9 Å².